The Labute approximate surface area is 249 Å². The Morgan fingerprint density at radius 1 is 1.05 bits per heavy atom. The number of ether oxygens (including phenoxy) is 2. The van der Waals surface area contributed by atoms with Crippen molar-refractivity contribution in [3.63, 3.8) is 0 Å². The molecule has 3 aliphatic rings. The van der Waals surface area contributed by atoms with Crippen LogP contribution < -0.4 is 15.0 Å². The molecule has 43 heavy (non-hydrogen) atoms. The quantitative estimate of drug-likeness (QED) is 0.281. The van der Waals surface area contributed by atoms with E-state index in [0.29, 0.717) is 29.3 Å². The molecule has 1 saturated carbocycles. The zero-order chi connectivity index (χ0) is 29.4. The van der Waals surface area contributed by atoms with Gasteiger partial charge >= 0.3 is 0 Å². The van der Waals surface area contributed by atoms with Gasteiger partial charge in [0.2, 0.25) is 0 Å². The first-order chi connectivity index (χ1) is 21.0. The molecule has 3 fully saturated rings. The molecule has 0 atom stereocenters. The molecule has 0 radical (unpaired) electrons. The Balaban J connectivity index is 1.19. The number of anilines is 3. The number of methoxy groups -OCH3 is 1. The highest BCUT2D eigenvalue weighted by Gasteiger charge is 2.48. The van der Waals surface area contributed by atoms with Crippen molar-refractivity contribution in [1.29, 1.82) is 0 Å². The predicted octanol–water partition coefficient (Wildman–Crippen LogP) is 5.39. The van der Waals surface area contributed by atoms with Gasteiger partial charge in [0.25, 0.3) is 0 Å². The standard InChI is InChI=1S/C32H36FN7O3/c1-42-27-4-2-3-25(33)30(27)31-34-12-5-28(38-31)37-29-17-26(39-13-6-22(7-14-39)32(41)10-11-32)24(19-35-29)21-18-36-40(20-21)23-8-15-43-16-9-23/h2-5,12,17-20,22-23,41H,6-11,13-16H2,1H3,(H,34,35,37,38). The van der Waals surface area contributed by atoms with E-state index in [1.807, 2.05) is 18.5 Å². The van der Waals surface area contributed by atoms with Gasteiger partial charge in [-0.1, -0.05) is 6.07 Å². The third-order valence-electron chi connectivity index (χ3n) is 9.05. The largest absolute Gasteiger partial charge is 0.496 e. The van der Waals surface area contributed by atoms with Crippen LogP contribution in [-0.2, 0) is 4.74 Å². The molecule has 2 aliphatic heterocycles. The second-order valence-corrected chi connectivity index (χ2v) is 11.7. The summed E-state index contributed by atoms with van der Waals surface area (Å²) in [6.07, 6.45) is 13.1. The Bertz CT molecular complexity index is 1590. The maximum absolute atomic E-state index is 14.7. The van der Waals surface area contributed by atoms with E-state index in [0.717, 1.165) is 81.6 Å². The molecule has 0 bridgehead atoms. The third-order valence-corrected chi connectivity index (χ3v) is 9.05. The summed E-state index contributed by atoms with van der Waals surface area (Å²) in [4.78, 5) is 16.0. The van der Waals surface area contributed by atoms with Crippen LogP contribution in [0.5, 0.6) is 5.75 Å². The van der Waals surface area contributed by atoms with Crippen LogP contribution in [0.3, 0.4) is 0 Å². The second kappa shape index (κ2) is 11.5. The summed E-state index contributed by atoms with van der Waals surface area (Å²) in [6.45, 7) is 3.20. The van der Waals surface area contributed by atoms with Gasteiger partial charge < -0.3 is 24.8 Å². The summed E-state index contributed by atoms with van der Waals surface area (Å²) in [5.74, 6) is 1.58. The molecular formula is C32H36FN7O3. The van der Waals surface area contributed by atoms with E-state index < -0.39 is 11.4 Å². The van der Waals surface area contributed by atoms with Crippen molar-refractivity contribution in [3.8, 4) is 28.3 Å². The van der Waals surface area contributed by atoms with E-state index in [4.69, 9.17) is 19.6 Å². The number of halogens is 1. The van der Waals surface area contributed by atoms with Crippen molar-refractivity contribution in [2.24, 2.45) is 5.92 Å². The molecule has 0 unspecified atom stereocenters. The lowest BCUT2D eigenvalue weighted by Gasteiger charge is -2.36. The fraction of sp³-hybridized carbons (Fsp3) is 0.438. The molecule has 4 aromatic rings. The Kier molecular flexibility index (Phi) is 7.44. The van der Waals surface area contributed by atoms with Crippen molar-refractivity contribution in [1.82, 2.24) is 24.7 Å². The van der Waals surface area contributed by atoms with E-state index in [9.17, 15) is 9.50 Å². The lowest BCUT2D eigenvalue weighted by Crippen LogP contribution is -2.39. The first kappa shape index (κ1) is 27.7. The molecule has 1 aromatic carbocycles. The minimum Gasteiger partial charge on any atom is -0.496 e. The highest BCUT2D eigenvalue weighted by atomic mass is 19.1. The number of rotatable bonds is 8. The molecule has 11 heteroatoms. The Hall–Kier alpha value is -4.09. The van der Waals surface area contributed by atoms with Crippen LogP contribution in [0.25, 0.3) is 22.5 Å². The van der Waals surface area contributed by atoms with Gasteiger partial charge in [-0.3, -0.25) is 4.68 Å². The first-order valence-corrected chi connectivity index (χ1v) is 15.0. The van der Waals surface area contributed by atoms with Crippen LogP contribution in [0.15, 0.2) is 55.1 Å². The lowest BCUT2D eigenvalue weighted by molar-refractivity contribution is 0.0662. The van der Waals surface area contributed by atoms with Crippen LogP contribution in [-0.4, -0.2) is 68.9 Å². The van der Waals surface area contributed by atoms with Gasteiger partial charge in [0, 0.05) is 67.8 Å². The van der Waals surface area contributed by atoms with E-state index in [1.54, 1.807) is 24.4 Å². The zero-order valence-corrected chi connectivity index (χ0v) is 24.2. The number of benzene rings is 1. The minimum absolute atomic E-state index is 0.208. The number of pyridine rings is 1. The van der Waals surface area contributed by atoms with Gasteiger partial charge in [0.05, 0.1) is 30.5 Å². The Morgan fingerprint density at radius 2 is 1.86 bits per heavy atom. The van der Waals surface area contributed by atoms with E-state index in [2.05, 4.69) is 31.1 Å². The van der Waals surface area contributed by atoms with Crippen LogP contribution >= 0.6 is 0 Å². The van der Waals surface area contributed by atoms with Crippen LogP contribution in [0.2, 0.25) is 0 Å². The summed E-state index contributed by atoms with van der Waals surface area (Å²) >= 11 is 0. The van der Waals surface area contributed by atoms with Crippen molar-refractivity contribution in [2.75, 3.05) is 43.6 Å². The van der Waals surface area contributed by atoms with Gasteiger partial charge in [-0.2, -0.15) is 5.10 Å². The maximum atomic E-state index is 14.7. The molecule has 0 amide bonds. The summed E-state index contributed by atoms with van der Waals surface area (Å²) in [7, 11) is 1.49. The van der Waals surface area contributed by atoms with E-state index in [1.165, 1.54) is 13.2 Å². The zero-order valence-electron chi connectivity index (χ0n) is 24.2. The summed E-state index contributed by atoms with van der Waals surface area (Å²) < 4.78 is 27.7. The number of piperidine rings is 1. The fourth-order valence-corrected chi connectivity index (χ4v) is 6.39. The molecule has 2 N–H and O–H groups in total. The smallest absolute Gasteiger partial charge is 0.168 e. The number of hydrogen-bond acceptors (Lipinski definition) is 9. The SMILES string of the molecule is COc1cccc(F)c1-c1nccc(Nc2cc(N3CCC(C4(O)CC4)CC3)c(-c3cnn(C4CCOCC4)c3)cn2)n1. The molecule has 1 aliphatic carbocycles. The molecule has 0 spiro atoms. The lowest BCUT2D eigenvalue weighted by atomic mass is 9.89. The number of nitrogens with zero attached hydrogens (tertiary/aromatic N) is 6. The monoisotopic (exact) mass is 585 g/mol. The molecule has 2 saturated heterocycles. The second-order valence-electron chi connectivity index (χ2n) is 11.7. The average Bonchev–Trinajstić information content (AvgIpc) is 3.61. The van der Waals surface area contributed by atoms with E-state index >= 15 is 0 Å². The number of aliphatic hydroxyl groups is 1. The first-order valence-electron chi connectivity index (χ1n) is 15.0. The normalized spacial score (nSPS) is 18.9. The minimum atomic E-state index is -0.462. The van der Waals surface area contributed by atoms with Crippen molar-refractivity contribution >= 4 is 17.3 Å². The number of hydrogen-bond donors (Lipinski definition) is 2. The summed E-state index contributed by atoms with van der Waals surface area (Å²) in [6, 6.07) is 8.74. The van der Waals surface area contributed by atoms with Gasteiger partial charge in [-0.25, -0.2) is 19.3 Å². The van der Waals surface area contributed by atoms with Crippen molar-refractivity contribution < 1.29 is 19.0 Å². The third kappa shape index (κ3) is 5.66. The highest BCUT2D eigenvalue weighted by molar-refractivity contribution is 5.80. The van der Waals surface area contributed by atoms with Gasteiger partial charge in [0.1, 0.15) is 23.2 Å². The fourth-order valence-electron chi connectivity index (χ4n) is 6.39. The van der Waals surface area contributed by atoms with E-state index in [-0.39, 0.29) is 11.4 Å². The van der Waals surface area contributed by atoms with Crippen molar-refractivity contribution in [3.05, 3.63) is 60.9 Å². The molecular weight excluding hydrogens is 549 g/mol. The molecule has 224 valence electrons. The molecule has 10 nitrogen and oxygen atoms in total. The summed E-state index contributed by atoms with van der Waals surface area (Å²) in [5, 5.41) is 18.7. The molecule has 3 aromatic heterocycles. The number of aromatic nitrogens is 5. The van der Waals surface area contributed by atoms with Crippen LogP contribution in [0.1, 0.15) is 44.6 Å². The van der Waals surface area contributed by atoms with Crippen molar-refractivity contribution in [2.45, 2.75) is 50.2 Å². The molecule has 7 rings (SSSR count). The Morgan fingerprint density at radius 3 is 2.63 bits per heavy atom. The van der Waals surface area contributed by atoms with Gasteiger partial charge in [-0.15, -0.1) is 0 Å². The maximum Gasteiger partial charge on any atom is 0.168 e. The van der Waals surface area contributed by atoms with Gasteiger partial charge in [-0.05, 0) is 62.6 Å². The topological polar surface area (TPSA) is 110 Å². The number of nitrogens with one attached hydrogen (secondary N) is 1. The predicted molar refractivity (Wildman–Crippen MR) is 161 cm³/mol. The van der Waals surface area contributed by atoms with Crippen LogP contribution in [0.4, 0.5) is 21.7 Å². The molecule has 5 heterocycles. The van der Waals surface area contributed by atoms with Crippen LogP contribution in [0, 0.1) is 11.7 Å². The highest BCUT2D eigenvalue weighted by Crippen LogP contribution is 2.47. The van der Waals surface area contributed by atoms with Gasteiger partial charge in [0.15, 0.2) is 5.82 Å². The summed E-state index contributed by atoms with van der Waals surface area (Å²) in [5.41, 5.74) is 2.82. The average molecular weight is 586 g/mol.